The third kappa shape index (κ3) is 23.9. The van der Waals surface area contributed by atoms with E-state index in [1.54, 1.807) is 0 Å². The van der Waals surface area contributed by atoms with Crippen molar-refractivity contribution in [2.75, 3.05) is 13.1 Å². The van der Waals surface area contributed by atoms with Crippen LogP contribution in [0, 0.1) is 11.8 Å². The Labute approximate surface area is 308 Å². The van der Waals surface area contributed by atoms with Crippen molar-refractivity contribution in [3.8, 4) is 0 Å². The molecule has 0 fully saturated rings. The molecule has 0 aromatic heterocycles. The Hall–Kier alpha value is -2.19. The smallest absolute Gasteiger partial charge is 0.427 e. The van der Waals surface area contributed by atoms with Crippen LogP contribution in [0.1, 0.15) is 163 Å². The molecule has 0 unspecified atom stereocenters. The zero-order valence-electron chi connectivity index (χ0n) is 32.3. The van der Waals surface area contributed by atoms with Crippen molar-refractivity contribution in [3.05, 3.63) is 0 Å². The summed E-state index contributed by atoms with van der Waals surface area (Å²) in [6, 6.07) is -2.16. The fourth-order valence-electron chi connectivity index (χ4n) is 6.17. The number of rotatable bonds is 34. The van der Waals surface area contributed by atoms with Gasteiger partial charge in [-0.15, -0.1) is 0 Å². The average Bonchev–Trinajstić information content (AvgIpc) is 3.08. The Morgan fingerprint density at radius 1 is 0.627 bits per heavy atom. The number of carbonyl (C=O) groups excluding carboxylic acids is 5. The van der Waals surface area contributed by atoms with Crippen LogP contribution in [0.4, 0.5) is 0 Å². The molecule has 12 nitrogen and oxygen atoms in total. The van der Waals surface area contributed by atoms with Crippen molar-refractivity contribution in [1.29, 1.82) is 0 Å². The van der Waals surface area contributed by atoms with Crippen molar-refractivity contribution in [2.45, 2.75) is 187 Å². The molecule has 0 aromatic carbocycles. The molecule has 13 heteroatoms. The van der Waals surface area contributed by atoms with E-state index in [1.807, 2.05) is 0 Å². The molecule has 0 aliphatic heterocycles. The number of nitrogens with one attached hydrogen (secondary N) is 2. The van der Waals surface area contributed by atoms with E-state index in [-0.39, 0.29) is 30.8 Å². The first-order valence-electron chi connectivity index (χ1n) is 19.9. The number of nitrogens with two attached hydrogens (primary N) is 2. The molecule has 9 N–H and O–H groups in total. The van der Waals surface area contributed by atoms with Gasteiger partial charge in [0.25, 0.3) is 0 Å². The molecule has 0 radical (unpaired) electrons. The Morgan fingerprint density at radius 2 is 1.16 bits per heavy atom. The van der Waals surface area contributed by atoms with Gasteiger partial charge in [0.15, 0.2) is 11.6 Å². The van der Waals surface area contributed by atoms with Crippen molar-refractivity contribution >= 4 is 36.3 Å². The predicted octanol–water partition coefficient (Wildman–Crippen LogP) is 4.29. The first kappa shape index (κ1) is 48.8. The van der Waals surface area contributed by atoms with Gasteiger partial charge in [0.2, 0.25) is 11.8 Å². The molecule has 2 amide bonds. The van der Waals surface area contributed by atoms with Gasteiger partial charge in [-0.25, -0.2) is 0 Å². The molecule has 0 aliphatic carbocycles. The fourth-order valence-corrected chi connectivity index (χ4v) is 6.17. The standard InChI is InChI=1S/C38H73BN4O8/c1-5-6-7-8-9-10-11-12-13-14-15-21-32(45)27-31(20-16-18-23-40)38(49)43-36(30(4)44)35(47)25-28(2)37(48)42-33(22-17-19-24-41)34(46)26-29(3)39(50)51/h28-31,33,36,44,50-51H,5-27,40-41H2,1-4H3,(H,42,48)(H,43,49)/t28-,29-,30-,31-,33+,36+/m1/s1. The molecular weight excluding hydrogens is 651 g/mol. The first-order chi connectivity index (χ1) is 24.3. The normalized spacial score (nSPS) is 14.9. The molecule has 0 saturated carbocycles. The second-order valence-corrected chi connectivity index (χ2v) is 14.7. The zero-order valence-corrected chi connectivity index (χ0v) is 32.3. The van der Waals surface area contributed by atoms with Crippen molar-refractivity contribution in [2.24, 2.45) is 23.3 Å². The maximum absolute atomic E-state index is 13.4. The number of carbonyl (C=O) groups is 5. The highest BCUT2D eigenvalue weighted by atomic mass is 16.4. The predicted molar refractivity (Wildman–Crippen MR) is 204 cm³/mol. The number of aliphatic hydroxyl groups is 1. The summed E-state index contributed by atoms with van der Waals surface area (Å²) in [5.41, 5.74) is 11.2. The average molecular weight is 725 g/mol. The summed E-state index contributed by atoms with van der Waals surface area (Å²) in [4.78, 5) is 65.7. The van der Waals surface area contributed by atoms with Crippen molar-refractivity contribution in [1.82, 2.24) is 10.6 Å². The van der Waals surface area contributed by atoms with E-state index in [0.717, 1.165) is 19.3 Å². The van der Waals surface area contributed by atoms with Crippen LogP contribution in [0.3, 0.4) is 0 Å². The third-order valence-electron chi connectivity index (χ3n) is 9.68. The lowest BCUT2D eigenvalue weighted by Gasteiger charge is -2.25. The van der Waals surface area contributed by atoms with Crippen LogP contribution in [-0.2, 0) is 24.0 Å². The van der Waals surface area contributed by atoms with Gasteiger partial charge in [0, 0.05) is 37.5 Å². The summed E-state index contributed by atoms with van der Waals surface area (Å²) in [6.45, 7) is 7.53. The maximum atomic E-state index is 13.4. The molecule has 0 rings (SSSR count). The molecule has 0 heterocycles. The van der Waals surface area contributed by atoms with E-state index in [2.05, 4.69) is 17.6 Å². The largest absolute Gasteiger partial charge is 0.454 e. The Morgan fingerprint density at radius 3 is 1.67 bits per heavy atom. The summed E-state index contributed by atoms with van der Waals surface area (Å²) in [6.07, 6.45) is 15.0. The van der Waals surface area contributed by atoms with Crippen LogP contribution in [0.5, 0.6) is 0 Å². The monoisotopic (exact) mass is 725 g/mol. The molecule has 6 atom stereocenters. The number of ketones is 3. The van der Waals surface area contributed by atoms with Crippen LogP contribution in [0.25, 0.3) is 0 Å². The summed E-state index contributed by atoms with van der Waals surface area (Å²) < 4.78 is 0. The number of Topliss-reactive ketones (excluding diaryl/α,β-unsaturated/α-hetero) is 3. The minimum atomic E-state index is -1.67. The van der Waals surface area contributed by atoms with E-state index >= 15 is 0 Å². The zero-order chi connectivity index (χ0) is 38.6. The summed E-state index contributed by atoms with van der Waals surface area (Å²) in [5.74, 6) is -4.19. The number of unbranched alkanes of at least 4 members (excludes halogenated alkanes) is 12. The van der Waals surface area contributed by atoms with Crippen LogP contribution < -0.4 is 22.1 Å². The molecule has 51 heavy (non-hydrogen) atoms. The lowest BCUT2D eigenvalue weighted by molar-refractivity contribution is -0.136. The minimum absolute atomic E-state index is 0.00231. The lowest BCUT2D eigenvalue weighted by Crippen LogP contribution is -2.51. The van der Waals surface area contributed by atoms with Crippen LogP contribution in [-0.4, -0.2) is 82.7 Å². The fraction of sp³-hybridized carbons (Fsp3) is 0.868. The molecule has 0 bridgehead atoms. The molecule has 0 aliphatic rings. The maximum Gasteiger partial charge on any atom is 0.454 e. The van der Waals surface area contributed by atoms with E-state index in [1.165, 1.54) is 72.1 Å². The number of amides is 2. The van der Waals surface area contributed by atoms with E-state index in [4.69, 9.17) is 11.5 Å². The summed E-state index contributed by atoms with van der Waals surface area (Å²) >= 11 is 0. The topological polar surface area (TPSA) is 222 Å². The molecule has 0 aromatic rings. The lowest BCUT2D eigenvalue weighted by atomic mass is 9.71. The van der Waals surface area contributed by atoms with Gasteiger partial charge in [-0.1, -0.05) is 91.4 Å². The number of hydrogen-bond donors (Lipinski definition) is 7. The van der Waals surface area contributed by atoms with Crippen molar-refractivity contribution < 1.29 is 39.1 Å². The van der Waals surface area contributed by atoms with Crippen LogP contribution in [0.15, 0.2) is 0 Å². The highest BCUT2D eigenvalue weighted by Crippen LogP contribution is 2.20. The van der Waals surface area contributed by atoms with Crippen LogP contribution in [0.2, 0.25) is 5.82 Å². The highest BCUT2D eigenvalue weighted by molar-refractivity contribution is 6.43. The van der Waals surface area contributed by atoms with Gasteiger partial charge in [-0.3, -0.25) is 24.0 Å². The van der Waals surface area contributed by atoms with Gasteiger partial charge in [-0.05, 0) is 64.4 Å². The van der Waals surface area contributed by atoms with Gasteiger partial charge >= 0.3 is 7.12 Å². The highest BCUT2D eigenvalue weighted by Gasteiger charge is 2.33. The second-order valence-electron chi connectivity index (χ2n) is 14.7. The van der Waals surface area contributed by atoms with E-state index < -0.39 is 60.6 Å². The Kier molecular flexibility index (Phi) is 29.0. The van der Waals surface area contributed by atoms with Gasteiger partial charge in [0.1, 0.15) is 11.8 Å². The second kappa shape index (κ2) is 30.3. The number of aliphatic hydroxyl groups excluding tert-OH is 1. The first-order valence-corrected chi connectivity index (χ1v) is 19.9. The van der Waals surface area contributed by atoms with Crippen molar-refractivity contribution in [3.63, 3.8) is 0 Å². The Bertz CT molecular complexity index is 984. The quantitative estimate of drug-likeness (QED) is 0.0369. The number of hydrogen-bond acceptors (Lipinski definition) is 10. The summed E-state index contributed by atoms with van der Waals surface area (Å²) in [7, 11) is -1.67. The third-order valence-corrected chi connectivity index (χ3v) is 9.68. The van der Waals surface area contributed by atoms with Gasteiger partial charge in [-0.2, -0.15) is 0 Å². The molecular formula is C38H73BN4O8. The Balaban J connectivity index is 5.18. The summed E-state index contributed by atoms with van der Waals surface area (Å²) in [5, 5.41) is 34.7. The van der Waals surface area contributed by atoms with Gasteiger partial charge < -0.3 is 37.3 Å². The minimum Gasteiger partial charge on any atom is -0.427 e. The molecule has 0 saturated heterocycles. The van der Waals surface area contributed by atoms with E-state index in [9.17, 15) is 39.1 Å². The molecule has 296 valence electrons. The van der Waals surface area contributed by atoms with Gasteiger partial charge in [0.05, 0.1) is 12.1 Å². The van der Waals surface area contributed by atoms with Crippen LogP contribution >= 0.6 is 0 Å². The molecule has 0 spiro atoms. The SMILES string of the molecule is CCCCCCCCCCCCCC(=O)C[C@@H](CCCCN)C(=O)N[C@H](C(=O)C[C@@H](C)C(=O)N[C@@H](CCCCN)C(=O)C[C@@H](C)B(O)O)[C@@H](C)O. The van der Waals surface area contributed by atoms with E-state index in [0.29, 0.717) is 58.0 Å².